The number of fused-ring (bicyclic) bond motifs is 2. The van der Waals surface area contributed by atoms with Crippen LogP contribution in [0, 0.1) is 0 Å². The first-order valence-electron chi connectivity index (χ1n) is 7.51. The van der Waals surface area contributed by atoms with Crippen LogP contribution in [0.25, 0.3) is 0 Å². The Kier molecular flexibility index (Phi) is 2.94. The highest BCUT2D eigenvalue weighted by atomic mass is 16.3. The van der Waals surface area contributed by atoms with Crippen LogP contribution in [0.2, 0.25) is 0 Å². The Morgan fingerprint density at radius 2 is 2.18 bits per heavy atom. The highest BCUT2D eigenvalue weighted by Gasteiger charge is 2.63. The lowest BCUT2D eigenvalue weighted by molar-refractivity contribution is -0.178. The number of carbonyl (C=O) groups is 2. The van der Waals surface area contributed by atoms with E-state index in [1.165, 1.54) is 4.90 Å². The Morgan fingerprint density at radius 3 is 2.86 bits per heavy atom. The number of imide groups is 1. The molecule has 4 heterocycles. The predicted octanol–water partition coefficient (Wildman–Crippen LogP) is -0.732. The van der Waals surface area contributed by atoms with Gasteiger partial charge in [0.25, 0.3) is 5.91 Å². The molecule has 0 saturated carbocycles. The van der Waals surface area contributed by atoms with E-state index in [-0.39, 0.29) is 17.9 Å². The zero-order chi connectivity index (χ0) is 15.5. The fourth-order valence-corrected chi connectivity index (χ4v) is 4.04. The molecule has 7 heteroatoms. The number of likely N-dealkylation sites (tertiary alicyclic amines) is 1. The maximum Gasteiger partial charge on any atom is 0.252 e. The topological polar surface area (TPSA) is 77.2 Å². The number of carbonyl (C=O) groups excluding carboxylic acids is 2. The molecule has 22 heavy (non-hydrogen) atoms. The van der Waals surface area contributed by atoms with E-state index < -0.39 is 11.6 Å². The second kappa shape index (κ2) is 4.65. The van der Waals surface area contributed by atoms with Crippen LogP contribution in [0.4, 0.5) is 0 Å². The van der Waals surface area contributed by atoms with E-state index in [1.807, 2.05) is 11.0 Å². The minimum absolute atomic E-state index is 0.147. The zero-order valence-electron chi connectivity index (χ0n) is 12.4. The van der Waals surface area contributed by atoms with Crippen LogP contribution in [0.3, 0.4) is 0 Å². The van der Waals surface area contributed by atoms with Crippen LogP contribution in [0.5, 0.6) is 0 Å². The van der Waals surface area contributed by atoms with Crippen LogP contribution < -0.4 is 0 Å². The van der Waals surface area contributed by atoms with Gasteiger partial charge in [0.15, 0.2) is 0 Å². The molecule has 2 amide bonds. The van der Waals surface area contributed by atoms with Gasteiger partial charge in [0.1, 0.15) is 5.54 Å². The van der Waals surface area contributed by atoms with Crippen molar-refractivity contribution in [2.45, 2.75) is 30.7 Å². The van der Waals surface area contributed by atoms with Crippen molar-refractivity contribution in [1.29, 1.82) is 0 Å². The summed E-state index contributed by atoms with van der Waals surface area (Å²) in [6, 6.07) is 1.54. The number of rotatable bonds is 2. The molecule has 1 aromatic heterocycles. The van der Waals surface area contributed by atoms with Crippen molar-refractivity contribution in [3.63, 3.8) is 0 Å². The molecule has 2 atom stereocenters. The first kappa shape index (κ1) is 13.9. The van der Waals surface area contributed by atoms with Crippen LogP contribution in [0.15, 0.2) is 23.0 Å². The van der Waals surface area contributed by atoms with Gasteiger partial charge in [-0.1, -0.05) is 0 Å². The Morgan fingerprint density at radius 1 is 1.41 bits per heavy atom. The molecule has 3 aliphatic rings. The maximum atomic E-state index is 12.7. The van der Waals surface area contributed by atoms with Crippen LogP contribution in [-0.2, 0) is 16.1 Å². The fourth-order valence-electron chi connectivity index (χ4n) is 4.04. The molecule has 1 spiro atoms. The molecule has 3 saturated heterocycles. The van der Waals surface area contributed by atoms with Gasteiger partial charge >= 0.3 is 0 Å². The van der Waals surface area contributed by atoms with Crippen LogP contribution in [0.1, 0.15) is 12.0 Å². The molecular weight excluding hydrogens is 286 g/mol. The number of hydrogen-bond donors (Lipinski definition) is 1. The molecule has 0 aromatic carbocycles. The van der Waals surface area contributed by atoms with Crippen molar-refractivity contribution >= 4 is 11.8 Å². The number of furan rings is 1. The number of piperazine rings is 1. The van der Waals surface area contributed by atoms with Crippen molar-refractivity contribution in [3.8, 4) is 0 Å². The molecular formula is C15H19N3O4. The Labute approximate surface area is 128 Å². The summed E-state index contributed by atoms with van der Waals surface area (Å²) in [6.07, 6.45) is 3.22. The molecule has 0 bridgehead atoms. The minimum Gasteiger partial charge on any atom is -0.472 e. The predicted molar refractivity (Wildman–Crippen MR) is 75.6 cm³/mol. The Balaban J connectivity index is 1.55. The van der Waals surface area contributed by atoms with Crippen molar-refractivity contribution in [3.05, 3.63) is 24.2 Å². The third-order valence-corrected chi connectivity index (χ3v) is 5.10. The minimum atomic E-state index is -0.658. The number of aliphatic hydroxyl groups is 1. The molecule has 118 valence electrons. The van der Waals surface area contributed by atoms with Gasteiger partial charge in [-0.2, -0.15) is 0 Å². The highest BCUT2D eigenvalue weighted by molar-refractivity contribution is 6.05. The van der Waals surface area contributed by atoms with Gasteiger partial charge in [-0.25, -0.2) is 0 Å². The summed E-state index contributed by atoms with van der Waals surface area (Å²) in [7, 11) is 1.55. The summed E-state index contributed by atoms with van der Waals surface area (Å²) in [5.41, 5.74) is 0.412. The zero-order valence-corrected chi connectivity index (χ0v) is 12.4. The fraction of sp³-hybridized carbons (Fsp3) is 0.600. The van der Waals surface area contributed by atoms with Gasteiger partial charge < -0.3 is 9.52 Å². The first-order valence-corrected chi connectivity index (χ1v) is 7.51. The van der Waals surface area contributed by atoms with E-state index in [0.717, 1.165) is 12.1 Å². The summed E-state index contributed by atoms with van der Waals surface area (Å²) in [4.78, 5) is 30.3. The summed E-state index contributed by atoms with van der Waals surface area (Å²) >= 11 is 0. The summed E-state index contributed by atoms with van der Waals surface area (Å²) in [5.74, 6) is -0.341. The van der Waals surface area contributed by atoms with Crippen LogP contribution in [-0.4, -0.2) is 76.0 Å². The number of likely N-dealkylation sites (N-methyl/N-ethyl adjacent to an activating group) is 1. The standard InChI is InChI=1S/C15H19N3O4/c1-16-13(20)12-4-11(19)6-18(12)15(14(16)21)8-17(9-15)5-10-2-3-22-7-10/h2-3,7,11-12,19H,4-6,8-9H2,1H3/t11-,12+/m1/s1. The number of β-amino-alcohol motifs (C(OH)–C–C–N with tert-alkyl or cyclic N) is 1. The molecule has 3 aliphatic heterocycles. The van der Waals surface area contributed by atoms with E-state index in [9.17, 15) is 14.7 Å². The molecule has 1 aromatic rings. The van der Waals surface area contributed by atoms with Gasteiger partial charge in [0, 0.05) is 38.8 Å². The number of aliphatic hydroxyl groups excluding tert-OH is 1. The first-order chi connectivity index (χ1) is 10.5. The lowest BCUT2D eigenvalue weighted by atomic mass is 9.82. The third kappa shape index (κ3) is 1.79. The van der Waals surface area contributed by atoms with Gasteiger partial charge in [-0.15, -0.1) is 0 Å². The van der Waals surface area contributed by atoms with E-state index in [1.54, 1.807) is 19.6 Å². The molecule has 0 radical (unpaired) electrons. The summed E-state index contributed by atoms with van der Waals surface area (Å²) in [5, 5.41) is 9.93. The molecule has 0 unspecified atom stereocenters. The Hall–Kier alpha value is -1.70. The monoisotopic (exact) mass is 305 g/mol. The van der Waals surface area contributed by atoms with Gasteiger partial charge in [0.2, 0.25) is 5.91 Å². The maximum absolute atomic E-state index is 12.7. The Bertz CT molecular complexity index is 608. The summed E-state index contributed by atoms with van der Waals surface area (Å²) in [6.45, 7) is 2.29. The second-order valence-corrected chi connectivity index (χ2v) is 6.57. The molecule has 1 N–H and O–H groups in total. The van der Waals surface area contributed by atoms with E-state index >= 15 is 0 Å². The lowest BCUT2D eigenvalue weighted by Gasteiger charge is -2.58. The average molecular weight is 305 g/mol. The van der Waals surface area contributed by atoms with Gasteiger partial charge in [-0.3, -0.25) is 24.3 Å². The quantitative estimate of drug-likeness (QED) is 0.726. The average Bonchev–Trinajstić information content (AvgIpc) is 3.08. The normalized spacial score (nSPS) is 31.6. The van der Waals surface area contributed by atoms with Gasteiger partial charge in [0.05, 0.1) is 24.7 Å². The van der Waals surface area contributed by atoms with Crippen LogP contribution >= 0.6 is 0 Å². The smallest absolute Gasteiger partial charge is 0.252 e. The van der Waals surface area contributed by atoms with E-state index in [4.69, 9.17) is 4.42 Å². The molecule has 0 aliphatic carbocycles. The summed E-state index contributed by atoms with van der Waals surface area (Å²) < 4.78 is 5.07. The van der Waals surface area contributed by atoms with Crippen molar-refractivity contribution in [2.75, 3.05) is 26.7 Å². The third-order valence-electron chi connectivity index (χ3n) is 5.10. The lowest BCUT2D eigenvalue weighted by Crippen LogP contribution is -2.80. The van der Waals surface area contributed by atoms with E-state index in [0.29, 0.717) is 26.1 Å². The van der Waals surface area contributed by atoms with Crippen molar-refractivity contribution in [2.24, 2.45) is 0 Å². The molecule has 4 rings (SSSR count). The molecule has 7 nitrogen and oxygen atoms in total. The largest absolute Gasteiger partial charge is 0.472 e. The van der Waals surface area contributed by atoms with E-state index in [2.05, 4.69) is 4.90 Å². The van der Waals surface area contributed by atoms with Gasteiger partial charge in [-0.05, 0) is 12.5 Å². The number of amides is 2. The van der Waals surface area contributed by atoms with Crippen molar-refractivity contribution in [1.82, 2.24) is 14.7 Å². The number of hydrogen-bond acceptors (Lipinski definition) is 6. The second-order valence-electron chi connectivity index (χ2n) is 6.57. The highest BCUT2D eigenvalue weighted by Crippen LogP contribution is 2.40. The number of nitrogens with zero attached hydrogens (tertiary/aromatic N) is 3. The van der Waals surface area contributed by atoms with Crippen molar-refractivity contribution < 1.29 is 19.1 Å². The molecule has 3 fully saturated rings. The SMILES string of the molecule is CN1C(=O)[C@@H]2C[C@@H](O)CN2C2(CN(Cc3ccoc3)C2)C1=O.